The molecule has 2 unspecified atom stereocenters. The Hall–Kier alpha value is -0.800. The molecule has 0 saturated carbocycles. The first-order valence-corrected chi connectivity index (χ1v) is 4.48. The van der Waals surface area contributed by atoms with Gasteiger partial charge in [-0.2, -0.15) is 0 Å². The lowest BCUT2D eigenvalue weighted by atomic mass is 9.98. The molecular weight excluding hydrogens is 168 g/mol. The van der Waals surface area contributed by atoms with Crippen LogP contribution < -0.4 is 0 Å². The molecule has 0 aliphatic heterocycles. The number of furan rings is 1. The summed E-state index contributed by atoms with van der Waals surface area (Å²) in [6.45, 7) is 3.76. The van der Waals surface area contributed by atoms with E-state index >= 15 is 0 Å². The number of hydrogen-bond donors (Lipinski definition) is 2. The van der Waals surface area contributed by atoms with E-state index in [2.05, 4.69) is 0 Å². The van der Waals surface area contributed by atoms with E-state index in [-0.39, 0.29) is 5.92 Å². The molecule has 0 aromatic carbocycles. The molecule has 0 radical (unpaired) electrons. The molecule has 0 saturated heterocycles. The highest BCUT2D eigenvalue weighted by Crippen LogP contribution is 2.12. The van der Waals surface area contributed by atoms with Crippen LogP contribution >= 0.6 is 0 Å². The maximum absolute atomic E-state index is 9.57. The summed E-state index contributed by atoms with van der Waals surface area (Å²) in [5, 5.41) is 19.1. The van der Waals surface area contributed by atoms with Crippen LogP contribution in [0, 0.1) is 5.92 Å². The second-order valence-electron chi connectivity index (χ2n) is 3.64. The molecule has 74 valence electrons. The zero-order valence-electron chi connectivity index (χ0n) is 7.97. The van der Waals surface area contributed by atoms with Crippen LogP contribution in [0.4, 0.5) is 0 Å². The normalized spacial score (nSPS) is 16.1. The van der Waals surface area contributed by atoms with Crippen molar-refractivity contribution >= 4 is 0 Å². The average molecular weight is 184 g/mol. The van der Waals surface area contributed by atoms with Gasteiger partial charge in [0, 0.05) is 6.42 Å². The van der Waals surface area contributed by atoms with Gasteiger partial charge in [-0.15, -0.1) is 0 Å². The second-order valence-corrected chi connectivity index (χ2v) is 3.64. The Morgan fingerprint density at radius 1 is 1.38 bits per heavy atom. The molecule has 3 heteroatoms. The minimum absolute atomic E-state index is 0.0712. The fourth-order valence-corrected chi connectivity index (χ4v) is 1.22. The van der Waals surface area contributed by atoms with Crippen molar-refractivity contribution in [3.8, 4) is 0 Å². The van der Waals surface area contributed by atoms with Gasteiger partial charge in [0.15, 0.2) is 0 Å². The summed E-state index contributed by atoms with van der Waals surface area (Å²) in [5.41, 5.74) is 0.909. The summed E-state index contributed by atoms with van der Waals surface area (Å²) in [5.74, 6) is 0.0712. The van der Waals surface area contributed by atoms with E-state index in [4.69, 9.17) is 4.42 Å². The molecule has 13 heavy (non-hydrogen) atoms. The Bertz CT molecular complexity index is 228. The standard InChI is InChI=1S/C10H16O3/c1-7(2)10(12)9(11)5-8-3-4-13-6-8/h3-4,6-7,9-12H,5H2,1-2H3. The van der Waals surface area contributed by atoms with E-state index in [1.54, 1.807) is 18.6 Å². The van der Waals surface area contributed by atoms with Crippen LogP contribution in [-0.4, -0.2) is 22.4 Å². The Kier molecular flexibility index (Phi) is 3.51. The van der Waals surface area contributed by atoms with Crippen molar-refractivity contribution in [1.29, 1.82) is 0 Å². The first kappa shape index (κ1) is 10.3. The number of rotatable bonds is 4. The van der Waals surface area contributed by atoms with E-state index in [0.717, 1.165) is 5.56 Å². The fraction of sp³-hybridized carbons (Fsp3) is 0.600. The van der Waals surface area contributed by atoms with E-state index < -0.39 is 12.2 Å². The van der Waals surface area contributed by atoms with Crippen molar-refractivity contribution < 1.29 is 14.6 Å². The molecule has 0 fully saturated rings. The smallest absolute Gasteiger partial charge is 0.0935 e. The topological polar surface area (TPSA) is 53.6 Å². The zero-order chi connectivity index (χ0) is 9.84. The molecule has 0 amide bonds. The molecule has 0 aliphatic rings. The molecule has 2 atom stereocenters. The van der Waals surface area contributed by atoms with E-state index in [1.165, 1.54) is 0 Å². The predicted molar refractivity (Wildman–Crippen MR) is 49.3 cm³/mol. The molecular formula is C10H16O3. The van der Waals surface area contributed by atoms with Gasteiger partial charge in [0.2, 0.25) is 0 Å². The third-order valence-electron chi connectivity index (χ3n) is 2.10. The highest BCUT2D eigenvalue weighted by atomic mass is 16.3. The van der Waals surface area contributed by atoms with Crippen molar-refractivity contribution in [2.24, 2.45) is 5.92 Å². The molecule has 2 N–H and O–H groups in total. The Morgan fingerprint density at radius 2 is 2.08 bits per heavy atom. The number of aliphatic hydroxyl groups is 2. The van der Waals surface area contributed by atoms with Crippen LogP contribution in [0.3, 0.4) is 0 Å². The second kappa shape index (κ2) is 4.44. The Morgan fingerprint density at radius 3 is 2.54 bits per heavy atom. The van der Waals surface area contributed by atoms with E-state index in [9.17, 15) is 10.2 Å². The molecule has 0 aliphatic carbocycles. The third-order valence-corrected chi connectivity index (χ3v) is 2.10. The molecule has 1 aromatic heterocycles. The van der Waals surface area contributed by atoms with Crippen LogP contribution in [0.5, 0.6) is 0 Å². The van der Waals surface area contributed by atoms with Gasteiger partial charge in [0.1, 0.15) is 0 Å². The summed E-state index contributed by atoms with van der Waals surface area (Å²) in [4.78, 5) is 0. The minimum Gasteiger partial charge on any atom is -0.472 e. The van der Waals surface area contributed by atoms with Gasteiger partial charge in [-0.05, 0) is 17.5 Å². The SMILES string of the molecule is CC(C)C(O)C(O)Cc1ccoc1. The van der Waals surface area contributed by atoms with E-state index in [1.807, 2.05) is 13.8 Å². The molecule has 0 bridgehead atoms. The lowest BCUT2D eigenvalue weighted by Crippen LogP contribution is -2.32. The quantitative estimate of drug-likeness (QED) is 0.739. The lowest BCUT2D eigenvalue weighted by Gasteiger charge is -2.20. The summed E-state index contributed by atoms with van der Waals surface area (Å²) < 4.78 is 4.86. The molecule has 3 nitrogen and oxygen atoms in total. The highest BCUT2D eigenvalue weighted by molar-refractivity contribution is 5.07. The van der Waals surface area contributed by atoms with Crippen LogP contribution in [0.2, 0.25) is 0 Å². The minimum atomic E-state index is -0.711. The van der Waals surface area contributed by atoms with Crippen molar-refractivity contribution in [1.82, 2.24) is 0 Å². The fourth-order valence-electron chi connectivity index (χ4n) is 1.22. The molecule has 1 rings (SSSR count). The maximum atomic E-state index is 9.57. The van der Waals surface area contributed by atoms with Crippen LogP contribution in [-0.2, 0) is 6.42 Å². The van der Waals surface area contributed by atoms with Gasteiger partial charge in [0.25, 0.3) is 0 Å². The van der Waals surface area contributed by atoms with Gasteiger partial charge in [-0.1, -0.05) is 13.8 Å². The van der Waals surface area contributed by atoms with Crippen molar-refractivity contribution in [3.05, 3.63) is 24.2 Å². The average Bonchev–Trinajstić information content (AvgIpc) is 2.55. The zero-order valence-corrected chi connectivity index (χ0v) is 7.97. The molecule has 0 spiro atoms. The summed E-state index contributed by atoms with van der Waals surface area (Å²) in [6, 6.07) is 1.79. The largest absolute Gasteiger partial charge is 0.472 e. The van der Waals surface area contributed by atoms with Crippen LogP contribution in [0.25, 0.3) is 0 Å². The van der Waals surface area contributed by atoms with Gasteiger partial charge >= 0.3 is 0 Å². The molecule has 1 aromatic rings. The summed E-state index contributed by atoms with van der Waals surface area (Å²) in [7, 11) is 0. The number of hydrogen-bond acceptors (Lipinski definition) is 3. The van der Waals surface area contributed by atoms with Crippen LogP contribution in [0.15, 0.2) is 23.0 Å². The van der Waals surface area contributed by atoms with Gasteiger partial charge in [-0.25, -0.2) is 0 Å². The van der Waals surface area contributed by atoms with Gasteiger partial charge in [0.05, 0.1) is 24.7 Å². The number of aliphatic hydroxyl groups excluding tert-OH is 2. The van der Waals surface area contributed by atoms with Crippen molar-refractivity contribution in [3.63, 3.8) is 0 Å². The van der Waals surface area contributed by atoms with Gasteiger partial charge in [-0.3, -0.25) is 0 Å². The highest BCUT2D eigenvalue weighted by Gasteiger charge is 2.20. The lowest BCUT2D eigenvalue weighted by molar-refractivity contribution is -0.00737. The third kappa shape index (κ3) is 2.86. The van der Waals surface area contributed by atoms with E-state index in [0.29, 0.717) is 6.42 Å². The Balaban J connectivity index is 2.45. The first-order chi connectivity index (χ1) is 6.11. The molecule has 1 heterocycles. The van der Waals surface area contributed by atoms with Gasteiger partial charge < -0.3 is 14.6 Å². The van der Waals surface area contributed by atoms with Crippen LogP contribution in [0.1, 0.15) is 19.4 Å². The first-order valence-electron chi connectivity index (χ1n) is 4.48. The predicted octanol–water partition coefficient (Wildman–Crippen LogP) is 1.20. The van der Waals surface area contributed by atoms with Crippen molar-refractivity contribution in [2.45, 2.75) is 32.5 Å². The monoisotopic (exact) mass is 184 g/mol. The summed E-state index contributed by atoms with van der Waals surface area (Å²) in [6.07, 6.45) is 2.20. The maximum Gasteiger partial charge on any atom is 0.0935 e. The van der Waals surface area contributed by atoms with Crippen molar-refractivity contribution in [2.75, 3.05) is 0 Å². The Labute approximate surface area is 78.0 Å². The summed E-state index contributed by atoms with van der Waals surface area (Å²) >= 11 is 0.